The Bertz CT molecular complexity index is 692. The maximum absolute atomic E-state index is 12.9. The average Bonchev–Trinajstić information content (AvgIpc) is 2.57. The number of hydrogen-bond acceptors (Lipinski definition) is 1. The number of anilines is 1. The van der Waals surface area contributed by atoms with Crippen molar-refractivity contribution in [3.8, 4) is 0 Å². The third-order valence-electron chi connectivity index (χ3n) is 4.92. The zero-order chi connectivity index (χ0) is 16.4. The molecule has 0 unspecified atom stereocenters. The summed E-state index contributed by atoms with van der Waals surface area (Å²) in [6, 6.07) is 16.7. The van der Waals surface area contributed by atoms with Gasteiger partial charge in [0.1, 0.15) is 0 Å². The zero-order valence-electron chi connectivity index (χ0n) is 14.1. The molecule has 2 N–H and O–H groups in total. The molecule has 2 aromatic carbocycles. The van der Waals surface area contributed by atoms with Crippen LogP contribution in [0.5, 0.6) is 0 Å². The highest BCUT2D eigenvalue weighted by Gasteiger charge is 2.42. The van der Waals surface area contributed by atoms with E-state index in [1.807, 2.05) is 12.1 Å². The molecule has 0 fully saturated rings. The highest BCUT2D eigenvalue weighted by molar-refractivity contribution is 5.98. The molecule has 120 valence electrons. The molecule has 3 rings (SSSR count). The number of hydrogen-bond donors (Lipinski definition) is 2. The molecule has 3 heteroatoms. The van der Waals surface area contributed by atoms with Crippen LogP contribution in [0.4, 0.5) is 5.69 Å². The maximum Gasteiger partial charge on any atom is 0.283 e. The third-order valence-corrected chi connectivity index (χ3v) is 4.92. The molecule has 2 aromatic rings. The van der Waals surface area contributed by atoms with Gasteiger partial charge in [-0.3, -0.25) is 4.79 Å². The number of rotatable bonds is 4. The lowest BCUT2D eigenvalue weighted by atomic mass is 9.80. The monoisotopic (exact) mass is 309 g/mol. The predicted molar refractivity (Wildman–Crippen MR) is 93.9 cm³/mol. The second kappa shape index (κ2) is 6.55. The molecule has 1 amide bonds. The van der Waals surface area contributed by atoms with E-state index in [1.165, 1.54) is 21.6 Å². The van der Waals surface area contributed by atoms with Crippen LogP contribution in [-0.4, -0.2) is 25.0 Å². The molecule has 0 saturated carbocycles. The van der Waals surface area contributed by atoms with Gasteiger partial charge in [0.05, 0.1) is 19.0 Å². The van der Waals surface area contributed by atoms with Crippen molar-refractivity contribution < 1.29 is 9.69 Å². The molecule has 2 atom stereocenters. The van der Waals surface area contributed by atoms with E-state index in [9.17, 15) is 4.79 Å². The van der Waals surface area contributed by atoms with Crippen LogP contribution in [0.2, 0.25) is 0 Å². The van der Waals surface area contributed by atoms with Crippen LogP contribution in [0.25, 0.3) is 0 Å². The van der Waals surface area contributed by atoms with Gasteiger partial charge in [-0.1, -0.05) is 48.0 Å². The first kappa shape index (κ1) is 15.8. The lowest BCUT2D eigenvalue weighted by Crippen LogP contribution is -3.17. The summed E-state index contributed by atoms with van der Waals surface area (Å²) < 4.78 is 0. The lowest BCUT2D eigenvalue weighted by molar-refractivity contribution is -0.913. The topological polar surface area (TPSA) is 33.5 Å². The summed E-state index contributed by atoms with van der Waals surface area (Å²) in [5.41, 5.74) is 4.64. The van der Waals surface area contributed by atoms with Gasteiger partial charge in [0, 0.05) is 5.69 Å². The molecule has 1 heterocycles. The summed E-state index contributed by atoms with van der Waals surface area (Å²) in [5.74, 6) is 0.239. The maximum atomic E-state index is 12.9. The summed E-state index contributed by atoms with van der Waals surface area (Å²) >= 11 is 0. The molecule has 0 bridgehead atoms. The third kappa shape index (κ3) is 2.89. The second-order valence-corrected chi connectivity index (χ2v) is 6.31. The van der Waals surface area contributed by atoms with Crippen LogP contribution in [0.1, 0.15) is 36.5 Å². The number of likely N-dealkylation sites (N-methyl/N-ethyl adjacent to an activating group) is 1. The molecule has 1 aliphatic heterocycles. The fourth-order valence-electron chi connectivity index (χ4n) is 3.74. The van der Waals surface area contributed by atoms with Gasteiger partial charge < -0.3 is 10.2 Å². The van der Waals surface area contributed by atoms with Crippen molar-refractivity contribution >= 4 is 11.6 Å². The molecule has 23 heavy (non-hydrogen) atoms. The van der Waals surface area contributed by atoms with E-state index in [4.69, 9.17) is 0 Å². The Balaban J connectivity index is 2.17. The molecule has 0 saturated heterocycles. The summed E-state index contributed by atoms with van der Waals surface area (Å²) in [6.07, 6.45) is 0. The number of aryl methyl sites for hydroxylation is 1. The lowest BCUT2D eigenvalue weighted by Gasteiger charge is -2.37. The first-order valence-corrected chi connectivity index (χ1v) is 8.46. The highest BCUT2D eigenvalue weighted by Crippen LogP contribution is 2.36. The number of quaternary nitrogens is 1. The molecule has 0 aliphatic carbocycles. The zero-order valence-corrected chi connectivity index (χ0v) is 14.1. The number of benzene rings is 2. The Morgan fingerprint density at radius 3 is 2.39 bits per heavy atom. The summed E-state index contributed by atoms with van der Waals surface area (Å²) in [5, 5.41) is 3.13. The van der Waals surface area contributed by atoms with Crippen molar-refractivity contribution in [2.75, 3.05) is 18.4 Å². The van der Waals surface area contributed by atoms with Crippen LogP contribution in [0.15, 0.2) is 48.5 Å². The van der Waals surface area contributed by atoms with Crippen LogP contribution in [0.3, 0.4) is 0 Å². The number of nitrogens with one attached hydrogen (secondary N) is 2. The van der Waals surface area contributed by atoms with E-state index in [0.29, 0.717) is 0 Å². The first-order valence-electron chi connectivity index (χ1n) is 8.46. The van der Waals surface area contributed by atoms with Gasteiger partial charge in [-0.25, -0.2) is 0 Å². The number of fused-ring (bicyclic) bond motifs is 1. The van der Waals surface area contributed by atoms with Gasteiger partial charge >= 0.3 is 0 Å². The molecule has 3 nitrogen and oxygen atoms in total. The summed E-state index contributed by atoms with van der Waals surface area (Å²) in [4.78, 5) is 14.2. The molecular weight excluding hydrogens is 284 g/mol. The summed E-state index contributed by atoms with van der Waals surface area (Å²) in [7, 11) is 0. The van der Waals surface area contributed by atoms with Gasteiger partial charge in [-0.05, 0) is 38.0 Å². The van der Waals surface area contributed by atoms with Crippen molar-refractivity contribution in [2.24, 2.45) is 0 Å². The minimum absolute atomic E-state index is 0.0818. The van der Waals surface area contributed by atoms with Crippen LogP contribution in [0, 0.1) is 6.92 Å². The summed E-state index contributed by atoms with van der Waals surface area (Å²) in [6.45, 7) is 8.30. The van der Waals surface area contributed by atoms with E-state index in [1.54, 1.807) is 0 Å². The molecule has 0 spiro atoms. The smallest absolute Gasteiger partial charge is 0.283 e. The van der Waals surface area contributed by atoms with E-state index >= 15 is 0 Å². The Hall–Kier alpha value is -2.13. The fraction of sp³-hybridized carbons (Fsp3) is 0.350. The quantitative estimate of drug-likeness (QED) is 0.893. The minimum Gasteiger partial charge on any atom is -0.324 e. The van der Waals surface area contributed by atoms with Crippen LogP contribution in [-0.2, 0) is 4.79 Å². The Morgan fingerprint density at radius 2 is 1.74 bits per heavy atom. The van der Waals surface area contributed by atoms with Crippen molar-refractivity contribution in [1.29, 1.82) is 0 Å². The number of amides is 1. The van der Waals surface area contributed by atoms with Gasteiger partial charge in [-0.15, -0.1) is 0 Å². The SMILES string of the molecule is CC[NH+](CC)[C@H]1C(=O)Nc2ccc(C)cc2[C@H]1c1ccccc1. The van der Waals surface area contributed by atoms with Gasteiger partial charge in [0.15, 0.2) is 6.04 Å². The highest BCUT2D eigenvalue weighted by atomic mass is 16.2. The van der Waals surface area contributed by atoms with Crippen molar-refractivity contribution in [3.05, 3.63) is 65.2 Å². The fourth-order valence-corrected chi connectivity index (χ4v) is 3.74. The Labute approximate surface area is 138 Å². The molecule has 0 aromatic heterocycles. The average molecular weight is 309 g/mol. The number of carbonyl (C=O) groups is 1. The van der Waals surface area contributed by atoms with E-state index < -0.39 is 0 Å². The van der Waals surface area contributed by atoms with E-state index in [2.05, 4.69) is 62.5 Å². The van der Waals surface area contributed by atoms with Crippen molar-refractivity contribution in [2.45, 2.75) is 32.7 Å². The largest absolute Gasteiger partial charge is 0.324 e. The second-order valence-electron chi connectivity index (χ2n) is 6.31. The Morgan fingerprint density at radius 1 is 1.04 bits per heavy atom. The van der Waals surface area contributed by atoms with E-state index in [-0.39, 0.29) is 17.9 Å². The number of carbonyl (C=O) groups excluding carboxylic acids is 1. The first-order chi connectivity index (χ1) is 11.2. The molecule has 0 radical (unpaired) electrons. The van der Waals surface area contributed by atoms with E-state index in [0.717, 1.165) is 18.8 Å². The molecular formula is C20H25N2O+. The van der Waals surface area contributed by atoms with Gasteiger partial charge in [-0.2, -0.15) is 0 Å². The minimum atomic E-state index is -0.0818. The van der Waals surface area contributed by atoms with Crippen molar-refractivity contribution in [1.82, 2.24) is 0 Å². The van der Waals surface area contributed by atoms with Crippen LogP contribution >= 0.6 is 0 Å². The van der Waals surface area contributed by atoms with Gasteiger partial charge in [0.2, 0.25) is 0 Å². The molecule has 1 aliphatic rings. The normalized spacial score (nSPS) is 20.3. The van der Waals surface area contributed by atoms with Gasteiger partial charge in [0.25, 0.3) is 5.91 Å². The standard InChI is InChI=1S/C20H24N2O/c1-4-22(5-2)19-18(15-9-7-6-8-10-15)16-13-14(3)11-12-17(16)21-20(19)23/h6-13,18-19H,4-5H2,1-3H3,(H,21,23)/p+1/t18-,19-/m1/s1. The predicted octanol–water partition coefficient (Wildman–Crippen LogP) is 2.37. The Kier molecular flexibility index (Phi) is 4.49. The van der Waals surface area contributed by atoms with Crippen molar-refractivity contribution in [3.63, 3.8) is 0 Å². The van der Waals surface area contributed by atoms with Crippen LogP contribution < -0.4 is 10.2 Å².